The van der Waals surface area contributed by atoms with Crippen LogP contribution < -0.4 is 0 Å². The van der Waals surface area contributed by atoms with Crippen LogP contribution in [0.1, 0.15) is 16.1 Å². The molecule has 4 aromatic rings. The zero-order chi connectivity index (χ0) is 18.8. The molecule has 0 fully saturated rings. The summed E-state index contributed by atoms with van der Waals surface area (Å²) in [6, 6.07) is 21.2. The first-order chi connectivity index (χ1) is 13.1. The summed E-state index contributed by atoms with van der Waals surface area (Å²) in [6.45, 7) is 0.411. The largest absolute Gasteiger partial charge is 0.508 e. The Hall–Kier alpha value is -3.18. The minimum absolute atomic E-state index is 0.138. The Balaban J connectivity index is 1.59. The van der Waals surface area contributed by atoms with Crippen LogP contribution in [-0.2, 0) is 6.54 Å². The van der Waals surface area contributed by atoms with Gasteiger partial charge in [0.05, 0.1) is 0 Å². The van der Waals surface area contributed by atoms with Crippen LogP contribution in [0.25, 0.3) is 21.3 Å². The lowest BCUT2D eigenvalue weighted by Gasteiger charge is -2.16. The van der Waals surface area contributed by atoms with E-state index in [9.17, 15) is 9.90 Å². The number of amides is 1. The molecule has 0 radical (unpaired) electrons. The van der Waals surface area contributed by atoms with Crippen LogP contribution >= 0.6 is 11.3 Å². The third-order valence-electron chi connectivity index (χ3n) is 4.42. The van der Waals surface area contributed by atoms with Gasteiger partial charge in [-0.25, -0.2) is 4.98 Å². The topological polar surface area (TPSA) is 53.4 Å². The maximum absolute atomic E-state index is 12.7. The number of hydrogen-bond acceptors (Lipinski definition) is 4. The van der Waals surface area contributed by atoms with Crippen molar-refractivity contribution >= 4 is 28.0 Å². The maximum atomic E-state index is 12.7. The van der Waals surface area contributed by atoms with Crippen molar-refractivity contribution < 1.29 is 9.90 Å². The van der Waals surface area contributed by atoms with Crippen LogP contribution in [0, 0.1) is 0 Å². The van der Waals surface area contributed by atoms with Crippen molar-refractivity contribution in [2.75, 3.05) is 7.05 Å². The van der Waals surface area contributed by atoms with Gasteiger partial charge in [0, 0.05) is 24.5 Å². The number of aromatic hydroxyl groups is 1. The Morgan fingerprint density at radius 2 is 1.85 bits per heavy atom. The zero-order valence-electron chi connectivity index (χ0n) is 14.8. The Morgan fingerprint density at radius 1 is 1.07 bits per heavy atom. The average molecular weight is 374 g/mol. The van der Waals surface area contributed by atoms with Crippen molar-refractivity contribution in [1.29, 1.82) is 0 Å². The number of phenolic OH excluding ortho intramolecular Hbond substituents is 1. The standard InChI is InChI=1S/C22H18N2O2S/c1-24(13-15-6-4-9-17(25)12-15)22(26)20-14-27-21(23-20)19-11-5-8-16-7-2-3-10-18(16)19/h2-12,14,25H,13H2,1H3. The fourth-order valence-electron chi connectivity index (χ4n) is 3.10. The predicted octanol–water partition coefficient (Wildman–Crippen LogP) is 4.94. The number of rotatable bonds is 4. The van der Waals surface area contributed by atoms with Crippen molar-refractivity contribution in [3.63, 3.8) is 0 Å². The summed E-state index contributed by atoms with van der Waals surface area (Å²) in [6.07, 6.45) is 0. The second-order valence-electron chi connectivity index (χ2n) is 6.40. The summed E-state index contributed by atoms with van der Waals surface area (Å²) in [5.41, 5.74) is 2.34. The van der Waals surface area contributed by atoms with Gasteiger partial charge in [0.25, 0.3) is 5.91 Å². The first-order valence-electron chi connectivity index (χ1n) is 8.59. The number of thiazole rings is 1. The molecule has 134 valence electrons. The highest BCUT2D eigenvalue weighted by molar-refractivity contribution is 7.13. The molecule has 0 unspecified atom stereocenters. The van der Waals surface area contributed by atoms with Crippen molar-refractivity contribution in [2.24, 2.45) is 0 Å². The van der Waals surface area contributed by atoms with E-state index < -0.39 is 0 Å². The number of phenols is 1. The van der Waals surface area contributed by atoms with Gasteiger partial charge in [-0.1, -0.05) is 54.6 Å². The summed E-state index contributed by atoms with van der Waals surface area (Å²) >= 11 is 1.47. The van der Waals surface area contributed by atoms with Gasteiger partial charge >= 0.3 is 0 Å². The van der Waals surface area contributed by atoms with Gasteiger partial charge in [-0.3, -0.25) is 4.79 Å². The molecule has 5 heteroatoms. The van der Waals surface area contributed by atoms with Gasteiger partial charge in [0.2, 0.25) is 0 Å². The van der Waals surface area contributed by atoms with Gasteiger partial charge in [-0.2, -0.15) is 0 Å². The molecule has 27 heavy (non-hydrogen) atoms. The highest BCUT2D eigenvalue weighted by Gasteiger charge is 2.17. The van der Waals surface area contributed by atoms with E-state index in [2.05, 4.69) is 23.2 Å². The van der Waals surface area contributed by atoms with Gasteiger partial charge in [0.1, 0.15) is 16.5 Å². The van der Waals surface area contributed by atoms with Crippen LogP contribution in [0.5, 0.6) is 5.75 Å². The van der Waals surface area contributed by atoms with E-state index in [0.717, 1.165) is 26.9 Å². The molecule has 4 nitrogen and oxygen atoms in total. The van der Waals surface area contributed by atoms with Gasteiger partial charge in [0.15, 0.2) is 0 Å². The van der Waals surface area contributed by atoms with E-state index in [1.54, 1.807) is 35.5 Å². The summed E-state index contributed by atoms with van der Waals surface area (Å²) in [7, 11) is 1.74. The van der Waals surface area contributed by atoms with Crippen molar-refractivity contribution in [3.05, 3.63) is 83.4 Å². The fraction of sp³-hybridized carbons (Fsp3) is 0.0909. The van der Waals surface area contributed by atoms with E-state index in [1.165, 1.54) is 11.3 Å². The van der Waals surface area contributed by atoms with Crippen LogP contribution in [0.4, 0.5) is 0 Å². The second kappa shape index (κ2) is 7.21. The molecule has 0 saturated heterocycles. The summed E-state index contributed by atoms with van der Waals surface area (Å²) in [5, 5.41) is 14.5. The van der Waals surface area contributed by atoms with Crippen LogP contribution in [0.2, 0.25) is 0 Å². The molecule has 0 aliphatic rings. The smallest absolute Gasteiger partial charge is 0.273 e. The highest BCUT2D eigenvalue weighted by Crippen LogP contribution is 2.31. The van der Waals surface area contributed by atoms with E-state index in [1.807, 2.05) is 30.3 Å². The fourth-order valence-corrected chi connectivity index (χ4v) is 3.94. The lowest BCUT2D eigenvalue weighted by molar-refractivity contribution is 0.0780. The summed E-state index contributed by atoms with van der Waals surface area (Å²) in [5.74, 6) is 0.0568. The second-order valence-corrected chi connectivity index (χ2v) is 7.25. The molecule has 3 aromatic carbocycles. The Labute approximate surface area is 161 Å². The molecule has 0 aliphatic carbocycles. The van der Waals surface area contributed by atoms with Gasteiger partial charge in [-0.15, -0.1) is 11.3 Å². The minimum Gasteiger partial charge on any atom is -0.508 e. The predicted molar refractivity (Wildman–Crippen MR) is 109 cm³/mol. The molecule has 1 amide bonds. The Kier molecular flexibility index (Phi) is 4.60. The molecule has 0 spiro atoms. The minimum atomic E-state index is -0.138. The Morgan fingerprint density at radius 3 is 2.70 bits per heavy atom. The summed E-state index contributed by atoms with van der Waals surface area (Å²) in [4.78, 5) is 18.9. The first-order valence-corrected chi connectivity index (χ1v) is 9.47. The third-order valence-corrected chi connectivity index (χ3v) is 5.30. The molecule has 4 rings (SSSR count). The number of hydrogen-bond donors (Lipinski definition) is 1. The molecule has 1 heterocycles. The molecule has 0 aliphatic heterocycles. The average Bonchev–Trinajstić information content (AvgIpc) is 3.17. The van der Waals surface area contributed by atoms with Crippen molar-refractivity contribution in [1.82, 2.24) is 9.88 Å². The number of fused-ring (bicyclic) bond motifs is 1. The van der Waals surface area contributed by atoms with Crippen molar-refractivity contribution in [2.45, 2.75) is 6.54 Å². The normalized spacial score (nSPS) is 10.9. The maximum Gasteiger partial charge on any atom is 0.273 e. The number of carbonyl (C=O) groups is 1. The van der Waals surface area contributed by atoms with Crippen LogP contribution in [-0.4, -0.2) is 27.9 Å². The monoisotopic (exact) mass is 374 g/mol. The SMILES string of the molecule is CN(Cc1cccc(O)c1)C(=O)c1csc(-c2cccc3ccccc23)n1. The van der Waals surface area contributed by atoms with E-state index >= 15 is 0 Å². The lowest BCUT2D eigenvalue weighted by atomic mass is 10.1. The number of carbonyl (C=O) groups excluding carboxylic acids is 1. The first kappa shape index (κ1) is 17.2. The molecule has 0 bridgehead atoms. The zero-order valence-corrected chi connectivity index (χ0v) is 15.6. The molecular weight excluding hydrogens is 356 g/mol. The van der Waals surface area contributed by atoms with E-state index in [4.69, 9.17) is 0 Å². The number of benzene rings is 3. The number of nitrogens with zero attached hydrogens (tertiary/aromatic N) is 2. The molecular formula is C22H18N2O2S. The van der Waals surface area contributed by atoms with Gasteiger partial charge in [-0.05, 0) is 28.5 Å². The molecule has 1 aromatic heterocycles. The van der Waals surface area contributed by atoms with E-state index in [-0.39, 0.29) is 11.7 Å². The third kappa shape index (κ3) is 3.55. The number of aromatic nitrogens is 1. The quantitative estimate of drug-likeness (QED) is 0.550. The van der Waals surface area contributed by atoms with Gasteiger partial charge < -0.3 is 10.0 Å². The highest BCUT2D eigenvalue weighted by atomic mass is 32.1. The molecule has 1 N–H and O–H groups in total. The molecule has 0 saturated carbocycles. The van der Waals surface area contributed by atoms with E-state index in [0.29, 0.717) is 12.2 Å². The lowest BCUT2D eigenvalue weighted by Crippen LogP contribution is -2.26. The van der Waals surface area contributed by atoms with Crippen molar-refractivity contribution in [3.8, 4) is 16.3 Å². The molecule has 0 atom stereocenters. The summed E-state index contributed by atoms with van der Waals surface area (Å²) < 4.78 is 0. The van der Waals surface area contributed by atoms with Crippen LogP contribution in [0.15, 0.2) is 72.1 Å². The Bertz CT molecular complexity index is 1110. The van der Waals surface area contributed by atoms with Crippen LogP contribution in [0.3, 0.4) is 0 Å².